The van der Waals surface area contributed by atoms with E-state index >= 15 is 0 Å². The molecule has 0 saturated carbocycles. The first-order valence-electron chi connectivity index (χ1n) is 29.1. The number of ether oxygens (including phenoxy) is 3. The molecule has 0 saturated heterocycles. The number of hydrogen-bond acceptors (Lipinski definition) is 6. The number of unbranched alkanes of at least 4 members (excludes halogenated alkanes) is 34. The minimum absolute atomic E-state index is 0.0639. The van der Waals surface area contributed by atoms with Gasteiger partial charge in [0.05, 0.1) is 0 Å². The van der Waals surface area contributed by atoms with Gasteiger partial charge < -0.3 is 14.2 Å². The smallest absolute Gasteiger partial charge is 0.306 e. The molecule has 65 heavy (non-hydrogen) atoms. The summed E-state index contributed by atoms with van der Waals surface area (Å²) < 4.78 is 16.9. The van der Waals surface area contributed by atoms with Crippen LogP contribution in [0.5, 0.6) is 0 Å². The fourth-order valence-corrected chi connectivity index (χ4v) is 8.97. The largest absolute Gasteiger partial charge is 0.462 e. The molecule has 6 nitrogen and oxygen atoms in total. The zero-order valence-corrected chi connectivity index (χ0v) is 44.8. The van der Waals surface area contributed by atoms with Crippen molar-refractivity contribution in [3.8, 4) is 0 Å². The molecule has 0 aromatic rings. The summed E-state index contributed by atoms with van der Waals surface area (Å²) in [6.07, 6.45) is 52.4. The lowest BCUT2D eigenvalue weighted by atomic mass is 9.99. The molecule has 2 atom stereocenters. The third-order valence-corrected chi connectivity index (χ3v) is 13.8. The molecule has 0 spiro atoms. The number of hydrogen-bond donors (Lipinski definition) is 0. The van der Waals surface area contributed by atoms with Crippen molar-refractivity contribution in [3.63, 3.8) is 0 Å². The number of carbonyl (C=O) groups excluding carboxylic acids is 3. The highest BCUT2D eigenvalue weighted by atomic mass is 16.6. The van der Waals surface area contributed by atoms with Crippen LogP contribution < -0.4 is 0 Å². The van der Waals surface area contributed by atoms with E-state index in [2.05, 4.69) is 41.5 Å². The molecule has 0 amide bonds. The van der Waals surface area contributed by atoms with E-state index in [4.69, 9.17) is 14.2 Å². The molecule has 0 N–H and O–H groups in total. The molecule has 0 radical (unpaired) electrons. The Balaban J connectivity index is 4.24. The fourth-order valence-electron chi connectivity index (χ4n) is 8.97. The minimum atomic E-state index is -0.764. The normalized spacial score (nSPS) is 12.6. The monoisotopic (exact) mass is 919 g/mol. The van der Waals surface area contributed by atoms with Crippen LogP contribution in [0, 0.1) is 17.8 Å². The predicted octanol–water partition coefficient (Wildman–Crippen LogP) is 19.1. The van der Waals surface area contributed by atoms with Gasteiger partial charge >= 0.3 is 17.9 Å². The van der Waals surface area contributed by atoms with Crippen molar-refractivity contribution in [1.82, 2.24) is 0 Å². The summed E-state index contributed by atoms with van der Waals surface area (Å²) in [4.78, 5) is 38.1. The molecule has 0 aliphatic rings. The molecule has 0 aliphatic carbocycles. The first-order valence-corrected chi connectivity index (χ1v) is 29.1. The van der Waals surface area contributed by atoms with Gasteiger partial charge in [0, 0.05) is 19.3 Å². The number of esters is 3. The highest BCUT2D eigenvalue weighted by Gasteiger charge is 2.19. The molecule has 0 fully saturated rings. The zero-order valence-electron chi connectivity index (χ0n) is 44.8. The summed E-state index contributed by atoms with van der Waals surface area (Å²) in [6.45, 7) is 13.8. The molecule has 0 aromatic carbocycles. The first kappa shape index (κ1) is 63.4. The molecule has 1 unspecified atom stereocenters. The molecular formula is C59H114O6. The SMILES string of the molecule is CCC(C)CCCCCCCCCCC(=O)OC[C@@H](COC(=O)CCCCCCCCCCCCCCCCCCCCC(C)C)OC(=O)CCCCCCCCCCCCCC(C)C. The topological polar surface area (TPSA) is 78.9 Å². The number of rotatable bonds is 52. The summed E-state index contributed by atoms with van der Waals surface area (Å²) in [7, 11) is 0. The summed E-state index contributed by atoms with van der Waals surface area (Å²) in [5.41, 5.74) is 0. The Morgan fingerprint density at radius 3 is 0.800 bits per heavy atom. The highest BCUT2D eigenvalue weighted by Crippen LogP contribution is 2.19. The van der Waals surface area contributed by atoms with Gasteiger partial charge in [-0.25, -0.2) is 0 Å². The van der Waals surface area contributed by atoms with Crippen LogP contribution in [0.3, 0.4) is 0 Å². The van der Waals surface area contributed by atoms with Crippen LogP contribution in [0.4, 0.5) is 0 Å². The van der Waals surface area contributed by atoms with Crippen molar-refractivity contribution >= 4 is 17.9 Å². The van der Waals surface area contributed by atoms with Gasteiger partial charge in [-0.15, -0.1) is 0 Å². The van der Waals surface area contributed by atoms with Gasteiger partial charge in [-0.05, 0) is 37.0 Å². The van der Waals surface area contributed by atoms with Crippen LogP contribution in [-0.4, -0.2) is 37.2 Å². The standard InChI is InChI=1S/C59H114O6/c1-7-55(6)47-41-35-29-25-26-31-37-43-49-58(61)64-52-56(65-59(62)50-44-38-32-24-20-16-18-22-28-34-40-46-54(4)5)51-63-57(60)48-42-36-30-23-19-15-13-11-9-8-10-12-14-17-21-27-33-39-45-53(2)3/h53-56H,7-52H2,1-6H3/t55?,56-/m1/s1. The van der Waals surface area contributed by atoms with Crippen LogP contribution in [0.1, 0.15) is 324 Å². The van der Waals surface area contributed by atoms with Crippen molar-refractivity contribution in [2.75, 3.05) is 13.2 Å². The van der Waals surface area contributed by atoms with Gasteiger partial charge in [-0.2, -0.15) is 0 Å². The average molecular weight is 920 g/mol. The Hall–Kier alpha value is -1.59. The molecule has 6 heteroatoms. The lowest BCUT2D eigenvalue weighted by Gasteiger charge is -2.18. The van der Waals surface area contributed by atoms with Crippen LogP contribution >= 0.6 is 0 Å². The van der Waals surface area contributed by atoms with Gasteiger partial charge in [0.1, 0.15) is 13.2 Å². The van der Waals surface area contributed by atoms with Gasteiger partial charge in [-0.3, -0.25) is 14.4 Å². The molecular weight excluding hydrogens is 805 g/mol. The summed E-state index contributed by atoms with van der Waals surface area (Å²) >= 11 is 0. The highest BCUT2D eigenvalue weighted by molar-refractivity contribution is 5.71. The second kappa shape index (κ2) is 50.3. The van der Waals surface area contributed by atoms with E-state index in [1.54, 1.807) is 0 Å². The van der Waals surface area contributed by atoms with Gasteiger partial charge in [-0.1, -0.05) is 286 Å². The summed E-state index contributed by atoms with van der Waals surface area (Å²) in [6, 6.07) is 0. The van der Waals surface area contributed by atoms with Crippen molar-refractivity contribution in [3.05, 3.63) is 0 Å². The van der Waals surface area contributed by atoms with Crippen molar-refractivity contribution < 1.29 is 28.6 Å². The lowest BCUT2D eigenvalue weighted by molar-refractivity contribution is -0.167. The predicted molar refractivity (Wildman–Crippen MR) is 279 cm³/mol. The van der Waals surface area contributed by atoms with Crippen molar-refractivity contribution in [1.29, 1.82) is 0 Å². The molecule has 0 aromatic heterocycles. The van der Waals surface area contributed by atoms with E-state index in [9.17, 15) is 14.4 Å². The maximum atomic E-state index is 12.8. The van der Waals surface area contributed by atoms with Crippen LogP contribution in [0.25, 0.3) is 0 Å². The maximum Gasteiger partial charge on any atom is 0.306 e. The molecule has 0 bridgehead atoms. The Kier molecular flexibility index (Phi) is 49.1. The van der Waals surface area contributed by atoms with Crippen molar-refractivity contribution in [2.45, 2.75) is 330 Å². The summed E-state index contributed by atoms with van der Waals surface area (Å²) in [5, 5.41) is 0. The molecule has 0 rings (SSSR count). The van der Waals surface area contributed by atoms with E-state index in [-0.39, 0.29) is 31.1 Å². The fraction of sp³-hybridized carbons (Fsp3) is 0.949. The second-order valence-electron chi connectivity index (χ2n) is 21.5. The number of carbonyl (C=O) groups is 3. The second-order valence-corrected chi connectivity index (χ2v) is 21.5. The molecule has 0 heterocycles. The van der Waals surface area contributed by atoms with Crippen LogP contribution in [0.2, 0.25) is 0 Å². The van der Waals surface area contributed by atoms with E-state index in [0.717, 1.165) is 75.5 Å². The third kappa shape index (κ3) is 51.6. The lowest BCUT2D eigenvalue weighted by Crippen LogP contribution is -2.30. The van der Waals surface area contributed by atoms with Gasteiger partial charge in [0.15, 0.2) is 6.10 Å². The van der Waals surface area contributed by atoms with E-state index < -0.39 is 6.10 Å². The molecule has 386 valence electrons. The average Bonchev–Trinajstić information content (AvgIpc) is 3.28. The Morgan fingerprint density at radius 1 is 0.308 bits per heavy atom. The first-order chi connectivity index (χ1) is 31.6. The Bertz CT molecular complexity index is 1010. The quantitative estimate of drug-likeness (QED) is 0.0344. The van der Waals surface area contributed by atoms with Gasteiger partial charge in [0.25, 0.3) is 0 Å². The molecule has 0 aliphatic heterocycles. The van der Waals surface area contributed by atoms with E-state index in [0.29, 0.717) is 19.3 Å². The van der Waals surface area contributed by atoms with E-state index in [1.165, 1.54) is 205 Å². The third-order valence-electron chi connectivity index (χ3n) is 13.8. The van der Waals surface area contributed by atoms with Crippen LogP contribution in [-0.2, 0) is 28.6 Å². The van der Waals surface area contributed by atoms with Crippen LogP contribution in [0.15, 0.2) is 0 Å². The van der Waals surface area contributed by atoms with Gasteiger partial charge in [0.2, 0.25) is 0 Å². The minimum Gasteiger partial charge on any atom is -0.462 e. The Morgan fingerprint density at radius 2 is 0.538 bits per heavy atom. The van der Waals surface area contributed by atoms with E-state index in [1.807, 2.05) is 0 Å². The summed E-state index contributed by atoms with van der Waals surface area (Å²) in [5.74, 6) is 1.69. The van der Waals surface area contributed by atoms with Crippen molar-refractivity contribution in [2.24, 2.45) is 17.8 Å². The maximum absolute atomic E-state index is 12.8. The zero-order chi connectivity index (χ0) is 47.7. The Labute approximate surface area is 406 Å².